The fourth-order valence-corrected chi connectivity index (χ4v) is 1.31. The van der Waals surface area contributed by atoms with Gasteiger partial charge in [-0.3, -0.25) is 9.68 Å². The van der Waals surface area contributed by atoms with Crippen LogP contribution in [0.1, 0.15) is 46.5 Å². The van der Waals surface area contributed by atoms with Gasteiger partial charge in [0.15, 0.2) is 0 Å². The third-order valence-corrected chi connectivity index (χ3v) is 2.11. The van der Waals surface area contributed by atoms with Crippen molar-refractivity contribution in [2.75, 3.05) is 13.2 Å². The summed E-state index contributed by atoms with van der Waals surface area (Å²) in [4.78, 5) is 32.1. The van der Waals surface area contributed by atoms with Crippen molar-refractivity contribution in [3.8, 4) is 0 Å². The summed E-state index contributed by atoms with van der Waals surface area (Å²) < 4.78 is 4.94. The van der Waals surface area contributed by atoms with Crippen molar-refractivity contribution in [3.63, 3.8) is 0 Å². The van der Waals surface area contributed by atoms with Crippen LogP contribution < -0.4 is 0 Å². The van der Waals surface area contributed by atoms with Crippen LogP contribution in [0.15, 0.2) is 0 Å². The molecule has 0 aromatic carbocycles. The smallest absolute Gasteiger partial charge is 0.345 e. The molecule has 0 fully saturated rings. The van der Waals surface area contributed by atoms with Crippen molar-refractivity contribution < 1.29 is 24.1 Å². The normalized spacial score (nSPS) is 11.9. The van der Waals surface area contributed by atoms with E-state index < -0.39 is 11.9 Å². The maximum Gasteiger partial charge on any atom is 0.345 e. The van der Waals surface area contributed by atoms with Crippen LogP contribution in [0.2, 0.25) is 0 Å². The maximum absolute atomic E-state index is 11.5. The van der Waals surface area contributed by atoms with Gasteiger partial charge in [0.05, 0.1) is 25.6 Å². The molecule has 0 aliphatic rings. The molecule has 0 radical (unpaired) electrons. The van der Waals surface area contributed by atoms with Gasteiger partial charge >= 0.3 is 11.9 Å². The highest BCUT2D eigenvalue weighted by atomic mass is 17.2. The number of esters is 1. The lowest BCUT2D eigenvalue weighted by Gasteiger charge is -2.13. The van der Waals surface area contributed by atoms with E-state index in [1.807, 2.05) is 13.8 Å². The molecule has 0 saturated heterocycles. The monoisotopic (exact) mass is 246 g/mol. The number of carbonyl (C=O) groups excluding carboxylic acids is 2. The van der Waals surface area contributed by atoms with E-state index in [-0.39, 0.29) is 12.4 Å². The first-order valence-corrected chi connectivity index (χ1v) is 6.14. The zero-order valence-electron chi connectivity index (χ0n) is 10.9. The van der Waals surface area contributed by atoms with Crippen molar-refractivity contribution in [2.45, 2.75) is 46.5 Å². The van der Waals surface area contributed by atoms with E-state index in [1.165, 1.54) is 0 Å². The zero-order valence-corrected chi connectivity index (χ0v) is 10.9. The lowest BCUT2D eigenvalue weighted by Crippen LogP contribution is -2.22. The van der Waals surface area contributed by atoms with Crippen LogP contribution in [0, 0.1) is 5.92 Å². The van der Waals surface area contributed by atoms with E-state index >= 15 is 0 Å². The van der Waals surface area contributed by atoms with Crippen molar-refractivity contribution in [3.05, 3.63) is 0 Å². The third-order valence-electron chi connectivity index (χ3n) is 2.11. The second-order valence-electron chi connectivity index (χ2n) is 3.72. The van der Waals surface area contributed by atoms with Crippen LogP contribution in [0.25, 0.3) is 0 Å². The molecule has 0 amide bonds. The van der Waals surface area contributed by atoms with Crippen molar-refractivity contribution in [1.82, 2.24) is 0 Å². The first-order valence-electron chi connectivity index (χ1n) is 6.14. The number of ether oxygens (including phenoxy) is 1. The Labute approximate surface area is 102 Å². The quantitative estimate of drug-likeness (QED) is 0.355. The molecule has 0 aromatic heterocycles. The average Bonchev–Trinajstić information content (AvgIpc) is 2.32. The molecule has 0 bridgehead atoms. The predicted octanol–water partition coefficient (Wildman–Crippen LogP) is 2.24. The highest BCUT2D eigenvalue weighted by Gasteiger charge is 2.24. The lowest BCUT2D eigenvalue weighted by molar-refractivity contribution is -0.273. The van der Waals surface area contributed by atoms with Gasteiger partial charge in [-0.15, -0.1) is 0 Å². The Morgan fingerprint density at radius 3 is 2.35 bits per heavy atom. The Morgan fingerprint density at radius 2 is 1.82 bits per heavy atom. The molecule has 1 unspecified atom stereocenters. The highest BCUT2D eigenvalue weighted by molar-refractivity contribution is 5.79. The first-order chi connectivity index (χ1) is 8.15. The Hall–Kier alpha value is -1.10. The van der Waals surface area contributed by atoms with Crippen molar-refractivity contribution in [2.24, 2.45) is 5.92 Å². The van der Waals surface area contributed by atoms with Crippen molar-refractivity contribution in [1.29, 1.82) is 0 Å². The predicted molar refractivity (Wildman–Crippen MR) is 62.0 cm³/mol. The SMILES string of the molecule is CCCOC(=O)CC(CCC)C(=O)OOCC. The van der Waals surface area contributed by atoms with Gasteiger partial charge in [0.25, 0.3) is 0 Å². The molecule has 0 N–H and O–H groups in total. The summed E-state index contributed by atoms with van der Waals surface area (Å²) >= 11 is 0. The van der Waals surface area contributed by atoms with Gasteiger partial charge in [-0.1, -0.05) is 20.3 Å². The molecular formula is C12H22O5. The Bertz CT molecular complexity index is 227. The summed E-state index contributed by atoms with van der Waals surface area (Å²) in [5, 5.41) is 0. The minimum absolute atomic E-state index is 0.0553. The van der Waals surface area contributed by atoms with E-state index in [1.54, 1.807) is 6.92 Å². The minimum atomic E-state index is -0.498. The topological polar surface area (TPSA) is 61.8 Å². The maximum atomic E-state index is 11.5. The van der Waals surface area contributed by atoms with Crippen LogP contribution in [0.4, 0.5) is 0 Å². The molecular weight excluding hydrogens is 224 g/mol. The molecule has 17 heavy (non-hydrogen) atoms. The minimum Gasteiger partial charge on any atom is -0.466 e. The standard InChI is InChI=1S/C12H22O5/c1-4-7-10(12(14)17-16-6-3)9-11(13)15-8-5-2/h10H,4-9H2,1-3H3. The average molecular weight is 246 g/mol. The highest BCUT2D eigenvalue weighted by Crippen LogP contribution is 2.14. The fourth-order valence-electron chi connectivity index (χ4n) is 1.31. The second-order valence-corrected chi connectivity index (χ2v) is 3.72. The van der Waals surface area contributed by atoms with Gasteiger partial charge in [-0.2, -0.15) is 4.89 Å². The largest absolute Gasteiger partial charge is 0.466 e. The Kier molecular flexibility index (Phi) is 9.43. The molecule has 0 saturated carbocycles. The van der Waals surface area contributed by atoms with E-state index in [9.17, 15) is 9.59 Å². The Balaban J connectivity index is 4.12. The van der Waals surface area contributed by atoms with Crippen LogP contribution in [-0.2, 0) is 24.1 Å². The number of hydrogen-bond acceptors (Lipinski definition) is 5. The molecule has 0 spiro atoms. The van der Waals surface area contributed by atoms with E-state index in [4.69, 9.17) is 4.74 Å². The summed E-state index contributed by atoms with van der Waals surface area (Å²) in [6, 6.07) is 0. The molecule has 5 heteroatoms. The Morgan fingerprint density at radius 1 is 1.12 bits per heavy atom. The van der Waals surface area contributed by atoms with E-state index in [0.717, 1.165) is 12.8 Å². The van der Waals surface area contributed by atoms with Crippen LogP contribution in [0.3, 0.4) is 0 Å². The van der Waals surface area contributed by atoms with Crippen LogP contribution >= 0.6 is 0 Å². The van der Waals surface area contributed by atoms with Crippen LogP contribution in [0.5, 0.6) is 0 Å². The lowest BCUT2D eigenvalue weighted by atomic mass is 10.0. The van der Waals surface area contributed by atoms with Gasteiger partial charge in [-0.05, 0) is 19.8 Å². The molecule has 0 heterocycles. The summed E-state index contributed by atoms with van der Waals surface area (Å²) in [5.41, 5.74) is 0. The second kappa shape index (κ2) is 10.1. The fraction of sp³-hybridized carbons (Fsp3) is 0.833. The summed E-state index contributed by atoms with van der Waals surface area (Å²) in [6.45, 7) is 6.26. The summed E-state index contributed by atoms with van der Waals surface area (Å²) in [7, 11) is 0. The third kappa shape index (κ3) is 7.74. The molecule has 1 atom stereocenters. The first kappa shape index (κ1) is 15.9. The molecule has 0 aromatic rings. The van der Waals surface area contributed by atoms with Crippen LogP contribution in [-0.4, -0.2) is 25.2 Å². The van der Waals surface area contributed by atoms with Gasteiger partial charge in [-0.25, -0.2) is 4.79 Å². The summed E-state index contributed by atoms with van der Waals surface area (Å²) in [5.74, 6) is -1.34. The number of carbonyl (C=O) groups is 2. The summed E-state index contributed by atoms with van der Waals surface area (Å²) in [6.07, 6.45) is 2.22. The number of hydrogen-bond donors (Lipinski definition) is 0. The van der Waals surface area contributed by atoms with Gasteiger partial charge < -0.3 is 4.74 Å². The number of rotatable bonds is 9. The van der Waals surface area contributed by atoms with E-state index in [2.05, 4.69) is 9.78 Å². The van der Waals surface area contributed by atoms with Gasteiger partial charge in [0.2, 0.25) is 0 Å². The molecule has 0 aliphatic heterocycles. The molecule has 5 nitrogen and oxygen atoms in total. The molecule has 0 rings (SSSR count). The van der Waals surface area contributed by atoms with E-state index in [0.29, 0.717) is 19.6 Å². The molecule has 100 valence electrons. The van der Waals surface area contributed by atoms with Gasteiger partial charge in [0.1, 0.15) is 0 Å². The van der Waals surface area contributed by atoms with Gasteiger partial charge in [0, 0.05) is 0 Å². The zero-order chi connectivity index (χ0) is 13.1. The molecule has 0 aliphatic carbocycles. The van der Waals surface area contributed by atoms with Crippen molar-refractivity contribution >= 4 is 11.9 Å².